The van der Waals surface area contributed by atoms with Crippen molar-refractivity contribution in [2.75, 3.05) is 6.54 Å². The lowest BCUT2D eigenvalue weighted by Crippen LogP contribution is -2.20. The molecule has 0 aliphatic carbocycles. The topological polar surface area (TPSA) is 24.9 Å². The van der Waals surface area contributed by atoms with Crippen LogP contribution in [-0.4, -0.2) is 11.5 Å². The van der Waals surface area contributed by atoms with Crippen LogP contribution in [-0.2, 0) is 0 Å². The van der Waals surface area contributed by atoms with Crippen molar-refractivity contribution >= 4 is 0 Å². The summed E-state index contributed by atoms with van der Waals surface area (Å²) in [5, 5.41) is 3.47. The molecule has 0 fully saturated rings. The van der Waals surface area contributed by atoms with E-state index in [0.717, 1.165) is 12.2 Å². The van der Waals surface area contributed by atoms with Crippen molar-refractivity contribution < 1.29 is 0 Å². The summed E-state index contributed by atoms with van der Waals surface area (Å²) < 4.78 is 0. The van der Waals surface area contributed by atoms with Gasteiger partial charge in [-0.1, -0.05) is 25.8 Å². The number of hydrogen-bond acceptors (Lipinski definition) is 2. The molecule has 1 aromatic rings. The minimum absolute atomic E-state index is 0.369. The largest absolute Gasteiger partial charge is 0.309 e. The Hall–Kier alpha value is -0.890. The summed E-state index contributed by atoms with van der Waals surface area (Å²) in [6, 6.07) is 6.42. The van der Waals surface area contributed by atoms with Crippen LogP contribution >= 0.6 is 0 Å². The third-order valence-corrected chi connectivity index (χ3v) is 2.36. The molecule has 1 heterocycles. The Balaban J connectivity index is 2.25. The second-order valence-corrected chi connectivity index (χ2v) is 3.64. The van der Waals surface area contributed by atoms with Crippen molar-refractivity contribution in [3.05, 3.63) is 30.1 Å². The first-order valence-corrected chi connectivity index (χ1v) is 5.49. The first kappa shape index (κ1) is 11.2. The van der Waals surface area contributed by atoms with Gasteiger partial charge in [-0.15, -0.1) is 0 Å². The highest BCUT2D eigenvalue weighted by molar-refractivity contribution is 5.07. The number of nitrogens with one attached hydrogen (secondary N) is 1. The average molecular weight is 192 g/mol. The fourth-order valence-electron chi connectivity index (χ4n) is 1.43. The van der Waals surface area contributed by atoms with Gasteiger partial charge in [-0.2, -0.15) is 0 Å². The van der Waals surface area contributed by atoms with E-state index >= 15 is 0 Å². The molecule has 1 N–H and O–H groups in total. The lowest BCUT2D eigenvalue weighted by Gasteiger charge is -2.12. The van der Waals surface area contributed by atoms with Crippen LogP contribution in [0.2, 0.25) is 0 Å². The van der Waals surface area contributed by atoms with Crippen molar-refractivity contribution in [3.63, 3.8) is 0 Å². The third-order valence-electron chi connectivity index (χ3n) is 2.36. The molecule has 0 spiro atoms. The Morgan fingerprint density at radius 1 is 1.36 bits per heavy atom. The van der Waals surface area contributed by atoms with Crippen LogP contribution in [0.25, 0.3) is 0 Å². The molecule has 1 rings (SSSR count). The smallest absolute Gasteiger partial charge is 0.0570 e. The minimum atomic E-state index is 0.369. The van der Waals surface area contributed by atoms with E-state index in [1.54, 1.807) is 0 Å². The summed E-state index contributed by atoms with van der Waals surface area (Å²) in [5.41, 5.74) is 1.13. The Morgan fingerprint density at radius 2 is 2.21 bits per heavy atom. The van der Waals surface area contributed by atoms with Crippen LogP contribution in [0.3, 0.4) is 0 Å². The van der Waals surface area contributed by atoms with Crippen molar-refractivity contribution in [3.8, 4) is 0 Å². The van der Waals surface area contributed by atoms with E-state index in [1.165, 1.54) is 19.3 Å². The maximum Gasteiger partial charge on any atom is 0.0570 e. The first-order chi connectivity index (χ1) is 6.84. The highest BCUT2D eigenvalue weighted by atomic mass is 14.9. The summed E-state index contributed by atoms with van der Waals surface area (Å²) in [7, 11) is 0. The second kappa shape index (κ2) is 6.55. The van der Waals surface area contributed by atoms with Gasteiger partial charge in [-0.25, -0.2) is 0 Å². The maximum atomic E-state index is 4.32. The molecule has 0 saturated heterocycles. The van der Waals surface area contributed by atoms with Gasteiger partial charge >= 0.3 is 0 Å². The Labute approximate surface area is 86.8 Å². The molecule has 14 heavy (non-hydrogen) atoms. The summed E-state index contributed by atoms with van der Waals surface area (Å²) in [5.74, 6) is 0. The molecule has 2 nitrogen and oxygen atoms in total. The molecule has 1 aromatic heterocycles. The number of hydrogen-bond donors (Lipinski definition) is 1. The monoisotopic (exact) mass is 192 g/mol. The molecule has 1 atom stereocenters. The first-order valence-electron chi connectivity index (χ1n) is 5.49. The van der Waals surface area contributed by atoms with Crippen LogP contribution in [0.15, 0.2) is 24.4 Å². The molecule has 0 aliphatic rings. The Morgan fingerprint density at radius 3 is 2.86 bits per heavy atom. The van der Waals surface area contributed by atoms with Crippen molar-refractivity contribution in [2.45, 2.75) is 39.2 Å². The van der Waals surface area contributed by atoms with Gasteiger partial charge < -0.3 is 5.32 Å². The van der Waals surface area contributed by atoms with Crippen LogP contribution in [0.5, 0.6) is 0 Å². The quantitative estimate of drug-likeness (QED) is 0.701. The van der Waals surface area contributed by atoms with E-state index in [-0.39, 0.29) is 0 Å². The molecule has 2 heteroatoms. The zero-order valence-electron chi connectivity index (χ0n) is 9.16. The molecule has 0 amide bonds. The molecule has 0 bridgehead atoms. The summed E-state index contributed by atoms with van der Waals surface area (Å²) in [6.45, 7) is 5.47. The van der Waals surface area contributed by atoms with Gasteiger partial charge in [-0.3, -0.25) is 4.98 Å². The highest BCUT2D eigenvalue weighted by Gasteiger charge is 2.03. The van der Waals surface area contributed by atoms with E-state index in [9.17, 15) is 0 Å². The fraction of sp³-hybridized carbons (Fsp3) is 0.583. The van der Waals surface area contributed by atoms with Gasteiger partial charge in [-0.05, 0) is 32.0 Å². The summed E-state index contributed by atoms with van der Waals surface area (Å²) in [4.78, 5) is 4.32. The van der Waals surface area contributed by atoms with Gasteiger partial charge in [0.05, 0.1) is 5.69 Å². The molecule has 0 aromatic carbocycles. The van der Waals surface area contributed by atoms with E-state index in [1.807, 2.05) is 18.3 Å². The molecular weight excluding hydrogens is 172 g/mol. The third kappa shape index (κ3) is 3.88. The van der Waals surface area contributed by atoms with Gasteiger partial charge in [0.2, 0.25) is 0 Å². The number of unbranched alkanes of at least 4 members (excludes halogenated alkanes) is 2. The highest BCUT2D eigenvalue weighted by Crippen LogP contribution is 2.07. The second-order valence-electron chi connectivity index (χ2n) is 3.64. The predicted octanol–water partition coefficient (Wildman–Crippen LogP) is 2.92. The minimum Gasteiger partial charge on any atom is -0.309 e. The van der Waals surface area contributed by atoms with E-state index in [0.29, 0.717) is 6.04 Å². The van der Waals surface area contributed by atoms with Gasteiger partial charge in [0, 0.05) is 12.2 Å². The zero-order valence-corrected chi connectivity index (χ0v) is 9.16. The molecule has 1 unspecified atom stereocenters. The number of rotatable bonds is 6. The van der Waals surface area contributed by atoms with Gasteiger partial charge in [0.15, 0.2) is 0 Å². The van der Waals surface area contributed by atoms with Crippen molar-refractivity contribution in [2.24, 2.45) is 0 Å². The molecule has 78 valence electrons. The van der Waals surface area contributed by atoms with E-state index in [2.05, 4.69) is 30.2 Å². The summed E-state index contributed by atoms with van der Waals surface area (Å²) in [6.07, 6.45) is 5.69. The lowest BCUT2D eigenvalue weighted by atomic mass is 10.2. The fourth-order valence-corrected chi connectivity index (χ4v) is 1.43. The number of pyridine rings is 1. The molecule has 0 radical (unpaired) electrons. The predicted molar refractivity (Wildman–Crippen MR) is 60.2 cm³/mol. The average Bonchev–Trinajstić information content (AvgIpc) is 2.25. The maximum absolute atomic E-state index is 4.32. The summed E-state index contributed by atoms with van der Waals surface area (Å²) >= 11 is 0. The molecular formula is C12H20N2. The van der Waals surface area contributed by atoms with Crippen LogP contribution in [0.4, 0.5) is 0 Å². The van der Waals surface area contributed by atoms with Crippen molar-refractivity contribution in [1.29, 1.82) is 0 Å². The van der Waals surface area contributed by atoms with E-state index in [4.69, 9.17) is 0 Å². The van der Waals surface area contributed by atoms with Crippen LogP contribution in [0.1, 0.15) is 44.8 Å². The van der Waals surface area contributed by atoms with Crippen LogP contribution < -0.4 is 5.32 Å². The van der Waals surface area contributed by atoms with E-state index < -0.39 is 0 Å². The molecule has 0 saturated carbocycles. The van der Waals surface area contributed by atoms with Crippen LogP contribution in [0, 0.1) is 0 Å². The zero-order chi connectivity index (χ0) is 10.2. The lowest BCUT2D eigenvalue weighted by molar-refractivity contribution is 0.534. The normalized spacial score (nSPS) is 12.7. The SMILES string of the molecule is CCCCCNC(C)c1ccccn1. The standard InChI is InChI=1S/C12H20N2/c1-3-4-6-9-13-11(2)12-8-5-7-10-14-12/h5,7-8,10-11,13H,3-4,6,9H2,1-2H3. The number of aromatic nitrogens is 1. The Bertz CT molecular complexity index is 233. The van der Waals surface area contributed by atoms with Crippen molar-refractivity contribution in [1.82, 2.24) is 10.3 Å². The molecule has 0 aliphatic heterocycles. The van der Waals surface area contributed by atoms with Gasteiger partial charge in [0.25, 0.3) is 0 Å². The van der Waals surface area contributed by atoms with Gasteiger partial charge in [0.1, 0.15) is 0 Å². The Kier molecular flexibility index (Phi) is 5.23. The number of nitrogens with zero attached hydrogens (tertiary/aromatic N) is 1.